The fraction of sp³-hybridized carbons (Fsp3) is 0.185. The first-order chi connectivity index (χ1) is 14.8. The molecule has 156 valence electrons. The standard InChI is InChI=1S/C27H26N2O2/c1-18-9-15-24-23(17-18)29-26(31-24)21-7-5-6-8-22(21)28-25(30)16-12-19-10-13-20(14-11-19)27(2,3)4/h5-17H,1-4H3,(H,28,30). The van der Waals surface area contributed by atoms with E-state index in [0.717, 1.165) is 27.8 Å². The van der Waals surface area contributed by atoms with Crippen molar-refractivity contribution in [1.29, 1.82) is 0 Å². The molecule has 4 heteroatoms. The first-order valence-corrected chi connectivity index (χ1v) is 10.4. The zero-order chi connectivity index (χ0) is 22.0. The monoisotopic (exact) mass is 410 g/mol. The fourth-order valence-electron chi connectivity index (χ4n) is 3.37. The number of amides is 1. The summed E-state index contributed by atoms with van der Waals surface area (Å²) in [6, 6.07) is 21.7. The quantitative estimate of drug-likeness (QED) is 0.379. The molecular formula is C27H26N2O2. The van der Waals surface area contributed by atoms with Crippen LogP contribution < -0.4 is 5.32 Å². The Bertz CT molecular complexity index is 1260. The van der Waals surface area contributed by atoms with Crippen LogP contribution in [0.3, 0.4) is 0 Å². The van der Waals surface area contributed by atoms with Crippen molar-refractivity contribution < 1.29 is 9.21 Å². The zero-order valence-corrected chi connectivity index (χ0v) is 18.3. The number of carbonyl (C=O) groups excluding carboxylic acids is 1. The molecule has 0 aliphatic carbocycles. The van der Waals surface area contributed by atoms with Gasteiger partial charge in [0.1, 0.15) is 5.52 Å². The Kier molecular flexibility index (Phi) is 5.47. The molecule has 4 aromatic rings. The second kappa shape index (κ2) is 8.23. The highest BCUT2D eigenvalue weighted by Crippen LogP contribution is 2.30. The molecule has 1 amide bonds. The minimum absolute atomic E-state index is 0.104. The average molecular weight is 411 g/mol. The van der Waals surface area contributed by atoms with Gasteiger partial charge in [-0.1, -0.05) is 63.2 Å². The topological polar surface area (TPSA) is 55.1 Å². The molecule has 3 aromatic carbocycles. The molecule has 1 N–H and O–H groups in total. The molecule has 4 rings (SSSR count). The van der Waals surface area contributed by atoms with Crippen LogP contribution in [-0.2, 0) is 10.2 Å². The lowest BCUT2D eigenvalue weighted by atomic mass is 9.87. The van der Waals surface area contributed by atoms with Gasteiger partial charge >= 0.3 is 0 Å². The van der Waals surface area contributed by atoms with E-state index in [4.69, 9.17) is 4.42 Å². The van der Waals surface area contributed by atoms with Crippen LogP contribution in [0.5, 0.6) is 0 Å². The third kappa shape index (κ3) is 4.75. The summed E-state index contributed by atoms with van der Waals surface area (Å²) in [5, 5.41) is 2.94. The minimum Gasteiger partial charge on any atom is -0.436 e. The Morgan fingerprint density at radius 1 is 1.00 bits per heavy atom. The Balaban J connectivity index is 1.53. The largest absolute Gasteiger partial charge is 0.436 e. The maximum atomic E-state index is 12.6. The summed E-state index contributed by atoms with van der Waals surface area (Å²) in [7, 11) is 0. The van der Waals surface area contributed by atoms with Crippen molar-refractivity contribution in [3.8, 4) is 11.5 Å². The first-order valence-electron chi connectivity index (χ1n) is 10.4. The van der Waals surface area contributed by atoms with Crippen LogP contribution >= 0.6 is 0 Å². The van der Waals surface area contributed by atoms with E-state index in [1.807, 2.05) is 67.6 Å². The van der Waals surface area contributed by atoms with Crippen molar-refractivity contribution in [1.82, 2.24) is 4.98 Å². The summed E-state index contributed by atoms with van der Waals surface area (Å²) >= 11 is 0. The highest BCUT2D eigenvalue weighted by Gasteiger charge is 2.14. The predicted octanol–water partition coefficient (Wildman–Crippen LogP) is 6.75. The summed E-state index contributed by atoms with van der Waals surface area (Å²) in [4.78, 5) is 17.2. The number of para-hydroxylation sites is 1. The molecule has 0 aliphatic rings. The van der Waals surface area contributed by atoms with Crippen LogP contribution in [-0.4, -0.2) is 10.9 Å². The van der Waals surface area contributed by atoms with Crippen molar-refractivity contribution in [3.63, 3.8) is 0 Å². The lowest BCUT2D eigenvalue weighted by molar-refractivity contribution is -0.111. The predicted molar refractivity (Wildman–Crippen MR) is 127 cm³/mol. The Labute approximate surface area is 182 Å². The summed E-state index contributed by atoms with van der Waals surface area (Å²) in [5.74, 6) is 0.276. The fourth-order valence-corrected chi connectivity index (χ4v) is 3.37. The van der Waals surface area contributed by atoms with Gasteiger partial charge in [0.25, 0.3) is 0 Å². The van der Waals surface area contributed by atoms with E-state index in [1.165, 1.54) is 11.6 Å². The van der Waals surface area contributed by atoms with E-state index in [9.17, 15) is 4.79 Å². The molecule has 31 heavy (non-hydrogen) atoms. The van der Waals surface area contributed by atoms with Crippen LogP contribution in [0.4, 0.5) is 5.69 Å². The number of anilines is 1. The Morgan fingerprint density at radius 2 is 1.74 bits per heavy atom. The second-order valence-electron chi connectivity index (χ2n) is 8.73. The molecule has 4 nitrogen and oxygen atoms in total. The smallest absolute Gasteiger partial charge is 0.248 e. The number of aromatic nitrogens is 1. The zero-order valence-electron chi connectivity index (χ0n) is 18.3. The number of nitrogens with zero attached hydrogens (tertiary/aromatic N) is 1. The number of benzene rings is 3. The van der Waals surface area contributed by atoms with E-state index in [0.29, 0.717) is 11.6 Å². The van der Waals surface area contributed by atoms with Gasteiger partial charge in [-0.25, -0.2) is 4.98 Å². The van der Waals surface area contributed by atoms with Gasteiger partial charge in [0.15, 0.2) is 5.58 Å². The highest BCUT2D eigenvalue weighted by atomic mass is 16.3. The van der Waals surface area contributed by atoms with Gasteiger partial charge in [-0.05, 0) is 59.4 Å². The summed E-state index contributed by atoms with van der Waals surface area (Å²) < 4.78 is 5.92. The number of fused-ring (bicyclic) bond motifs is 1. The van der Waals surface area contributed by atoms with E-state index < -0.39 is 0 Å². The number of carbonyl (C=O) groups is 1. The maximum Gasteiger partial charge on any atom is 0.248 e. The molecule has 0 saturated carbocycles. The van der Waals surface area contributed by atoms with Crippen LogP contribution in [0.25, 0.3) is 28.6 Å². The molecular weight excluding hydrogens is 384 g/mol. The lowest BCUT2D eigenvalue weighted by Crippen LogP contribution is -2.10. The number of aryl methyl sites for hydroxylation is 1. The van der Waals surface area contributed by atoms with Crippen LogP contribution in [0.1, 0.15) is 37.5 Å². The van der Waals surface area contributed by atoms with Gasteiger partial charge < -0.3 is 9.73 Å². The molecule has 0 saturated heterocycles. The van der Waals surface area contributed by atoms with Gasteiger partial charge in [-0.2, -0.15) is 0 Å². The van der Waals surface area contributed by atoms with E-state index in [2.05, 4.69) is 43.2 Å². The molecule has 1 heterocycles. The maximum absolute atomic E-state index is 12.6. The molecule has 0 aliphatic heterocycles. The van der Waals surface area contributed by atoms with Gasteiger partial charge in [0.05, 0.1) is 11.3 Å². The van der Waals surface area contributed by atoms with Gasteiger partial charge in [-0.3, -0.25) is 4.79 Å². The molecule has 1 aromatic heterocycles. The Hall–Kier alpha value is -3.66. The van der Waals surface area contributed by atoms with E-state index >= 15 is 0 Å². The number of rotatable bonds is 4. The lowest BCUT2D eigenvalue weighted by Gasteiger charge is -2.18. The molecule has 0 atom stereocenters. The SMILES string of the molecule is Cc1ccc2oc(-c3ccccc3NC(=O)C=Cc3ccc(C(C)(C)C)cc3)nc2c1. The first kappa shape index (κ1) is 20.6. The normalized spacial score (nSPS) is 11.9. The van der Waals surface area contributed by atoms with Crippen molar-refractivity contribution in [2.45, 2.75) is 33.1 Å². The van der Waals surface area contributed by atoms with Crippen LogP contribution in [0.15, 0.2) is 77.2 Å². The minimum atomic E-state index is -0.209. The summed E-state index contributed by atoms with van der Waals surface area (Å²) in [6.07, 6.45) is 3.35. The number of nitrogens with one attached hydrogen (secondary N) is 1. The van der Waals surface area contributed by atoms with Crippen molar-refractivity contribution >= 4 is 28.8 Å². The molecule has 0 unspecified atom stereocenters. The highest BCUT2D eigenvalue weighted by molar-refractivity contribution is 6.04. The van der Waals surface area contributed by atoms with Crippen LogP contribution in [0.2, 0.25) is 0 Å². The number of hydrogen-bond acceptors (Lipinski definition) is 3. The molecule has 0 spiro atoms. The van der Waals surface area contributed by atoms with E-state index in [1.54, 1.807) is 0 Å². The number of hydrogen-bond donors (Lipinski definition) is 1. The Morgan fingerprint density at radius 3 is 2.48 bits per heavy atom. The van der Waals surface area contributed by atoms with Crippen LogP contribution in [0, 0.1) is 6.92 Å². The van der Waals surface area contributed by atoms with Crippen molar-refractivity contribution in [2.75, 3.05) is 5.32 Å². The van der Waals surface area contributed by atoms with Crippen molar-refractivity contribution in [3.05, 3.63) is 89.5 Å². The van der Waals surface area contributed by atoms with Gasteiger partial charge in [-0.15, -0.1) is 0 Å². The number of oxazole rings is 1. The second-order valence-corrected chi connectivity index (χ2v) is 8.73. The average Bonchev–Trinajstić information content (AvgIpc) is 3.15. The third-order valence-electron chi connectivity index (χ3n) is 5.16. The molecule has 0 fully saturated rings. The summed E-state index contributed by atoms with van der Waals surface area (Å²) in [6.45, 7) is 8.56. The molecule has 0 bridgehead atoms. The summed E-state index contributed by atoms with van der Waals surface area (Å²) in [5.41, 5.74) is 6.38. The van der Waals surface area contributed by atoms with Gasteiger partial charge in [0.2, 0.25) is 11.8 Å². The molecule has 0 radical (unpaired) electrons. The van der Waals surface area contributed by atoms with Crippen molar-refractivity contribution in [2.24, 2.45) is 0 Å². The van der Waals surface area contributed by atoms with Gasteiger partial charge in [0, 0.05) is 6.08 Å². The van der Waals surface area contributed by atoms with E-state index in [-0.39, 0.29) is 11.3 Å². The third-order valence-corrected chi connectivity index (χ3v) is 5.16.